The maximum absolute atomic E-state index is 12.5. The molecule has 168 valence electrons. The van der Waals surface area contributed by atoms with E-state index in [2.05, 4.69) is 33.8 Å². The molecule has 3 rings (SSSR count). The molecule has 1 aliphatic heterocycles. The summed E-state index contributed by atoms with van der Waals surface area (Å²) in [7, 11) is 1.76. The minimum atomic E-state index is 0. The van der Waals surface area contributed by atoms with Gasteiger partial charge in [-0.25, -0.2) is 0 Å². The van der Waals surface area contributed by atoms with E-state index < -0.39 is 0 Å². The van der Waals surface area contributed by atoms with E-state index >= 15 is 0 Å². The van der Waals surface area contributed by atoms with Crippen LogP contribution < -0.4 is 15.4 Å². The molecule has 0 saturated heterocycles. The summed E-state index contributed by atoms with van der Waals surface area (Å²) in [6.07, 6.45) is 3.17. The van der Waals surface area contributed by atoms with Crippen LogP contribution in [0, 0.1) is 0 Å². The van der Waals surface area contributed by atoms with Gasteiger partial charge in [0.15, 0.2) is 5.96 Å². The minimum Gasteiger partial charge on any atom is -0.494 e. The van der Waals surface area contributed by atoms with Gasteiger partial charge in [-0.2, -0.15) is 0 Å². The summed E-state index contributed by atoms with van der Waals surface area (Å²) in [5, 5.41) is 6.56. The largest absolute Gasteiger partial charge is 0.494 e. The van der Waals surface area contributed by atoms with Crippen molar-refractivity contribution in [1.29, 1.82) is 0 Å². The summed E-state index contributed by atoms with van der Waals surface area (Å²) in [5.74, 6) is 1.88. The summed E-state index contributed by atoms with van der Waals surface area (Å²) in [4.78, 5) is 18.7. The van der Waals surface area contributed by atoms with Crippen LogP contribution in [0.25, 0.3) is 0 Å². The van der Waals surface area contributed by atoms with Gasteiger partial charge in [-0.3, -0.25) is 9.79 Å². The zero-order valence-corrected chi connectivity index (χ0v) is 20.5. The number of carbonyl (C=O) groups is 1. The molecule has 0 aromatic heterocycles. The highest BCUT2D eigenvalue weighted by Crippen LogP contribution is 2.19. The van der Waals surface area contributed by atoms with Crippen molar-refractivity contribution >= 4 is 35.8 Å². The number of halogens is 1. The first-order chi connectivity index (χ1) is 14.8. The van der Waals surface area contributed by atoms with E-state index in [1.54, 1.807) is 7.05 Å². The van der Waals surface area contributed by atoms with Crippen LogP contribution in [-0.2, 0) is 17.8 Å². The van der Waals surface area contributed by atoms with Crippen LogP contribution in [0.15, 0.2) is 59.6 Å². The highest BCUT2D eigenvalue weighted by atomic mass is 127. The summed E-state index contributed by atoms with van der Waals surface area (Å²) < 4.78 is 5.68. The number of guanidine groups is 1. The van der Waals surface area contributed by atoms with Crippen LogP contribution in [0.4, 0.5) is 0 Å². The predicted octanol–water partition coefficient (Wildman–Crippen LogP) is 3.60. The Bertz CT molecular complexity index is 829. The zero-order valence-electron chi connectivity index (χ0n) is 18.2. The van der Waals surface area contributed by atoms with Crippen LogP contribution in [0.5, 0.6) is 5.75 Å². The van der Waals surface area contributed by atoms with Crippen molar-refractivity contribution in [3.05, 3.63) is 65.7 Å². The molecule has 31 heavy (non-hydrogen) atoms. The van der Waals surface area contributed by atoms with E-state index in [0.29, 0.717) is 13.0 Å². The van der Waals surface area contributed by atoms with Gasteiger partial charge in [0.2, 0.25) is 5.91 Å². The molecule has 0 spiro atoms. The molecule has 0 radical (unpaired) electrons. The fourth-order valence-corrected chi connectivity index (χ4v) is 3.52. The third kappa shape index (κ3) is 8.40. The van der Waals surface area contributed by atoms with Crippen molar-refractivity contribution in [2.24, 2.45) is 4.99 Å². The quantitative estimate of drug-likeness (QED) is 0.223. The maximum Gasteiger partial charge on any atom is 0.222 e. The second-order valence-corrected chi connectivity index (χ2v) is 7.38. The van der Waals surface area contributed by atoms with Gasteiger partial charge in [-0.15, -0.1) is 24.0 Å². The van der Waals surface area contributed by atoms with Crippen LogP contribution in [0.2, 0.25) is 0 Å². The van der Waals surface area contributed by atoms with Gasteiger partial charge < -0.3 is 20.3 Å². The summed E-state index contributed by atoms with van der Waals surface area (Å²) >= 11 is 0. The summed E-state index contributed by atoms with van der Waals surface area (Å²) in [6, 6.07) is 18.2. The lowest BCUT2D eigenvalue weighted by Gasteiger charge is -2.29. The number of aliphatic imine (C=N–C) groups is 1. The Morgan fingerprint density at radius 1 is 1.00 bits per heavy atom. The average molecular weight is 536 g/mol. The molecule has 2 aromatic rings. The van der Waals surface area contributed by atoms with Crippen LogP contribution in [0.3, 0.4) is 0 Å². The highest BCUT2D eigenvalue weighted by molar-refractivity contribution is 14.0. The van der Waals surface area contributed by atoms with Crippen molar-refractivity contribution in [2.45, 2.75) is 32.2 Å². The topological polar surface area (TPSA) is 66.0 Å². The van der Waals surface area contributed by atoms with Crippen molar-refractivity contribution < 1.29 is 9.53 Å². The number of carbonyl (C=O) groups excluding carboxylic acids is 1. The lowest BCUT2D eigenvalue weighted by Crippen LogP contribution is -2.39. The van der Waals surface area contributed by atoms with E-state index in [0.717, 1.165) is 57.2 Å². The third-order valence-corrected chi connectivity index (χ3v) is 5.19. The number of fused-ring (bicyclic) bond motifs is 1. The Morgan fingerprint density at radius 3 is 2.42 bits per heavy atom. The molecule has 2 N–H and O–H groups in total. The maximum atomic E-state index is 12.5. The molecule has 0 unspecified atom stereocenters. The number of hydrogen-bond acceptors (Lipinski definition) is 3. The number of para-hydroxylation sites is 1. The molecule has 0 saturated carbocycles. The Hall–Kier alpha value is -2.29. The molecule has 0 aliphatic carbocycles. The average Bonchev–Trinajstić information content (AvgIpc) is 2.80. The Kier molecular flexibility index (Phi) is 11.2. The van der Waals surface area contributed by atoms with Crippen LogP contribution >= 0.6 is 24.0 Å². The predicted molar refractivity (Wildman–Crippen MR) is 136 cm³/mol. The first kappa shape index (κ1) is 25.0. The molecule has 1 heterocycles. The molecule has 0 fully saturated rings. The van der Waals surface area contributed by atoms with Crippen molar-refractivity contribution in [3.8, 4) is 5.75 Å². The Labute approximate surface area is 202 Å². The third-order valence-electron chi connectivity index (χ3n) is 5.19. The molecule has 1 aliphatic rings. The summed E-state index contributed by atoms with van der Waals surface area (Å²) in [6.45, 7) is 3.70. The molecule has 6 nitrogen and oxygen atoms in total. The minimum absolute atomic E-state index is 0. The number of hydrogen-bond donors (Lipinski definition) is 2. The summed E-state index contributed by atoms with van der Waals surface area (Å²) in [5.41, 5.74) is 2.64. The fourth-order valence-electron chi connectivity index (χ4n) is 3.52. The number of ether oxygens (including phenoxy) is 1. The zero-order chi connectivity index (χ0) is 21.0. The van der Waals surface area contributed by atoms with E-state index in [9.17, 15) is 4.79 Å². The lowest BCUT2D eigenvalue weighted by molar-refractivity contribution is -0.132. The smallest absolute Gasteiger partial charge is 0.222 e. The fraction of sp³-hybridized carbons (Fsp3) is 0.417. The van der Waals surface area contributed by atoms with Gasteiger partial charge in [-0.1, -0.05) is 42.5 Å². The highest BCUT2D eigenvalue weighted by Gasteiger charge is 2.19. The standard InChI is InChI=1S/C24H32N4O2.HI/c1-25-24(27-16-8-18-30-22-11-3-2-4-12-22)26-15-7-13-23(29)28-17-14-20-9-5-6-10-21(20)19-28;/h2-6,9-12H,7-8,13-19H2,1H3,(H2,25,26,27);1H. The number of rotatable bonds is 9. The van der Waals surface area contributed by atoms with Crippen LogP contribution in [-0.4, -0.2) is 50.1 Å². The van der Waals surface area contributed by atoms with Gasteiger partial charge in [0, 0.05) is 39.6 Å². The second kappa shape index (κ2) is 13.9. The van der Waals surface area contributed by atoms with Gasteiger partial charge in [-0.05, 0) is 42.5 Å². The van der Waals surface area contributed by atoms with Gasteiger partial charge in [0.25, 0.3) is 0 Å². The monoisotopic (exact) mass is 536 g/mol. The SMILES string of the molecule is CN=C(NCCCOc1ccccc1)NCCCC(=O)N1CCc2ccccc2C1.I. The number of benzene rings is 2. The molecule has 2 aromatic carbocycles. The molecule has 0 bridgehead atoms. The van der Waals surface area contributed by atoms with Gasteiger partial charge >= 0.3 is 0 Å². The first-order valence-corrected chi connectivity index (χ1v) is 10.7. The molecule has 1 amide bonds. The van der Waals surface area contributed by atoms with E-state index in [1.165, 1.54) is 11.1 Å². The van der Waals surface area contributed by atoms with Crippen molar-refractivity contribution in [2.75, 3.05) is 33.3 Å². The van der Waals surface area contributed by atoms with Crippen LogP contribution in [0.1, 0.15) is 30.4 Å². The van der Waals surface area contributed by atoms with E-state index in [-0.39, 0.29) is 29.9 Å². The Balaban J connectivity index is 0.00000341. The van der Waals surface area contributed by atoms with Crippen molar-refractivity contribution in [1.82, 2.24) is 15.5 Å². The number of amides is 1. The van der Waals surface area contributed by atoms with Gasteiger partial charge in [0.05, 0.1) is 6.61 Å². The number of nitrogens with zero attached hydrogens (tertiary/aromatic N) is 2. The molecule has 7 heteroatoms. The van der Waals surface area contributed by atoms with E-state index in [4.69, 9.17) is 4.74 Å². The molecular weight excluding hydrogens is 503 g/mol. The second-order valence-electron chi connectivity index (χ2n) is 7.38. The normalized spacial score (nSPS) is 13.1. The first-order valence-electron chi connectivity index (χ1n) is 10.7. The molecular formula is C24H33IN4O2. The lowest BCUT2D eigenvalue weighted by atomic mass is 9.99. The Morgan fingerprint density at radius 2 is 1.68 bits per heavy atom. The van der Waals surface area contributed by atoms with E-state index in [1.807, 2.05) is 41.3 Å². The number of nitrogens with one attached hydrogen (secondary N) is 2. The van der Waals surface area contributed by atoms with Gasteiger partial charge in [0.1, 0.15) is 5.75 Å². The van der Waals surface area contributed by atoms with Crippen molar-refractivity contribution in [3.63, 3.8) is 0 Å². The molecule has 0 atom stereocenters.